The Labute approximate surface area is 126 Å². The molecule has 0 radical (unpaired) electrons. The molecule has 2 aliphatic rings. The van der Waals surface area contributed by atoms with Gasteiger partial charge in [0.25, 0.3) is 0 Å². The topological polar surface area (TPSA) is 34.1 Å². The highest BCUT2D eigenvalue weighted by Gasteiger charge is 2.23. The van der Waals surface area contributed by atoms with Crippen LogP contribution in [0.4, 0.5) is 0 Å². The van der Waals surface area contributed by atoms with Crippen LogP contribution in [0.5, 0.6) is 11.5 Å². The van der Waals surface area contributed by atoms with Crippen molar-refractivity contribution >= 4 is 5.71 Å². The van der Waals surface area contributed by atoms with Crippen LogP contribution >= 0.6 is 0 Å². The molecule has 2 atom stereocenters. The molecule has 2 heterocycles. The first-order chi connectivity index (χ1) is 10.1. The van der Waals surface area contributed by atoms with E-state index in [0.717, 1.165) is 22.8 Å². The zero-order valence-corrected chi connectivity index (χ0v) is 13.1. The monoisotopic (exact) mass is 288 g/mol. The van der Waals surface area contributed by atoms with E-state index in [2.05, 4.69) is 31.8 Å². The summed E-state index contributed by atoms with van der Waals surface area (Å²) in [6.07, 6.45) is 3.75. The van der Waals surface area contributed by atoms with E-state index in [-0.39, 0.29) is 0 Å². The van der Waals surface area contributed by atoms with Crippen LogP contribution in [0.3, 0.4) is 0 Å². The third kappa shape index (κ3) is 2.99. The Morgan fingerprint density at radius 1 is 1.10 bits per heavy atom. The molecule has 0 aliphatic carbocycles. The second-order valence-corrected chi connectivity index (χ2v) is 6.05. The van der Waals surface area contributed by atoms with E-state index < -0.39 is 0 Å². The van der Waals surface area contributed by atoms with Gasteiger partial charge < -0.3 is 9.47 Å². The fourth-order valence-electron chi connectivity index (χ4n) is 3.10. The standard InChI is InChI=1S/C17H24N2O2/c1-12-5-4-6-13(2)19(12)18-14(3)15-7-8-16-17(11-15)21-10-9-20-16/h7-8,11-13H,4-6,9-10H2,1-3H3. The fraction of sp³-hybridized carbons (Fsp3) is 0.588. The van der Waals surface area contributed by atoms with Crippen molar-refractivity contribution in [3.05, 3.63) is 23.8 Å². The first-order valence-corrected chi connectivity index (χ1v) is 7.88. The summed E-state index contributed by atoms with van der Waals surface area (Å²) in [6, 6.07) is 7.10. The third-order valence-electron chi connectivity index (χ3n) is 4.37. The number of rotatable bonds is 2. The summed E-state index contributed by atoms with van der Waals surface area (Å²) in [6.45, 7) is 7.83. The zero-order chi connectivity index (χ0) is 14.8. The van der Waals surface area contributed by atoms with Crippen LogP contribution < -0.4 is 9.47 Å². The van der Waals surface area contributed by atoms with E-state index in [4.69, 9.17) is 14.6 Å². The average molecular weight is 288 g/mol. The molecule has 4 nitrogen and oxygen atoms in total. The summed E-state index contributed by atoms with van der Waals surface area (Å²) < 4.78 is 11.2. The minimum absolute atomic E-state index is 0.515. The lowest BCUT2D eigenvalue weighted by Crippen LogP contribution is -2.40. The Kier molecular flexibility index (Phi) is 4.04. The van der Waals surface area contributed by atoms with Crippen molar-refractivity contribution in [2.45, 2.75) is 52.1 Å². The molecule has 0 bridgehead atoms. The van der Waals surface area contributed by atoms with Crippen molar-refractivity contribution in [1.29, 1.82) is 0 Å². The molecule has 0 N–H and O–H groups in total. The molecule has 114 valence electrons. The second kappa shape index (κ2) is 5.96. The Morgan fingerprint density at radius 3 is 2.48 bits per heavy atom. The van der Waals surface area contributed by atoms with Gasteiger partial charge in [-0.3, -0.25) is 5.01 Å². The molecule has 1 fully saturated rings. The molecule has 1 aromatic carbocycles. The van der Waals surface area contributed by atoms with Crippen LogP contribution in [-0.4, -0.2) is 36.0 Å². The van der Waals surface area contributed by atoms with E-state index >= 15 is 0 Å². The number of ether oxygens (including phenoxy) is 2. The molecular formula is C17H24N2O2. The molecule has 0 saturated carbocycles. The third-order valence-corrected chi connectivity index (χ3v) is 4.37. The van der Waals surface area contributed by atoms with Gasteiger partial charge in [-0.2, -0.15) is 5.10 Å². The maximum Gasteiger partial charge on any atom is 0.162 e. The van der Waals surface area contributed by atoms with Crippen molar-refractivity contribution in [3.8, 4) is 11.5 Å². The molecule has 1 saturated heterocycles. The number of fused-ring (bicyclic) bond motifs is 1. The number of nitrogens with zero attached hydrogens (tertiary/aromatic N) is 2. The van der Waals surface area contributed by atoms with Gasteiger partial charge in [-0.25, -0.2) is 0 Å². The fourth-order valence-corrected chi connectivity index (χ4v) is 3.10. The number of hydrogen-bond donors (Lipinski definition) is 0. The minimum atomic E-state index is 0.515. The van der Waals surface area contributed by atoms with Crippen molar-refractivity contribution < 1.29 is 9.47 Å². The molecule has 3 rings (SSSR count). The highest BCUT2D eigenvalue weighted by molar-refractivity contribution is 5.99. The van der Waals surface area contributed by atoms with Gasteiger partial charge in [0.2, 0.25) is 0 Å². The maximum atomic E-state index is 5.65. The molecule has 1 aromatic rings. The van der Waals surface area contributed by atoms with Crippen LogP contribution in [0.1, 0.15) is 45.6 Å². The summed E-state index contributed by atoms with van der Waals surface area (Å²) in [5, 5.41) is 7.13. The highest BCUT2D eigenvalue weighted by Crippen LogP contribution is 2.31. The minimum Gasteiger partial charge on any atom is -0.486 e. The smallest absolute Gasteiger partial charge is 0.162 e. The van der Waals surface area contributed by atoms with Gasteiger partial charge in [0.1, 0.15) is 13.2 Å². The van der Waals surface area contributed by atoms with Crippen molar-refractivity contribution in [2.24, 2.45) is 5.10 Å². The van der Waals surface area contributed by atoms with Crippen LogP contribution in [0.2, 0.25) is 0 Å². The molecule has 4 heteroatoms. The average Bonchev–Trinajstić information content (AvgIpc) is 2.50. The summed E-state index contributed by atoms with van der Waals surface area (Å²) in [4.78, 5) is 0. The SMILES string of the molecule is CC(=NN1C(C)CCCC1C)c1ccc2c(c1)OCCO2. The zero-order valence-electron chi connectivity index (χ0n) is 13.1. The highest BCUT2D eigenvalue weighted by atomic mass is 16.6. The van der Waals surface area contributed by atoms with Gasteiger partial charge in [-0.1, -0.05) is 0 Å². The Morgan fingerprint density at radius 2 is 1.76 bits per heavy atom. The molecule has 0 aromatic heterocycles. The van der Waals surface area contributed by atoms with Gasteiger partial charge in [0, 0.05) is 17.6 Å². The van der Waals surface area contributed by atoms with Crippen LogP contribution in [0, 0.1) is 0 Å². The largest absolute Gasteiger partial charge is 0.486 e. The first-order valence-electron chi connectivity index (χ1n) is 7.88. The Bertz CT molecular complexity index is 532. The summed E-state index contributed by atoms with van der Waals surface area (Å²) in [5.41, 5.74) is 2.14. The van der Waals surface area contributed by atoms with Gasteiger partial charge in [0.05, 0.1) is 5.71 Å². The van der Waals surface area contributed by atoms with Crippen molar-refractivity contribution in [3.63, 3.8) is 0 Å². The number of piperidine rings is 1. The lowest BCUT2D eigenvalue weighted by molar-refractivity contribution is 0.108. The maximum absolute atomic E-state index is 5.65. The van der Waals surface area contributed by atoms with Crippen molar-refractivity contribution in [1.82, 2.24) is 5.01 Å². The Hall–Kier alpha value is -1.71. The lowest BCUT2D eigenvalue weighted by Gasteiger charge is -2.37. The van der Waals surface area contributed by atoms with Crippen LogP contribution in [-0.2, 0) is 0 Å². The first kappa shape index (κ1) is 14.2. The number of hydrogen-bond acceptors (Lipinski definition) is 4. The predicted octanol–water partition coefficient (Wildman–Crippen LogP) is 3.44. The molecule has 0 spiro atoms. The van der Waals surface area contributed by atoms with E-state index in [9.17, 15) is 0 Å². The van der Waals surface area contributed by atoms with Crippen LogP contribution in [0.15, 0.2) is 23.3 Å². The summed E-state index contributed by atoms with van der Waals surface area (Å²) >= 11 is 0. The van der Waals surface area contributed by atoms with E-state index in [1.807, 2.05) is 12.1 Å². The van der Waals surface area contributed by atoms with Gasteiger partial charge in [-0.15, -0.1) is 0 Å². The summed E-state index contributed by atoms with van der Waals surface area (Å²) in [5.74, 6) is 1.66. The van der Waals surface area contributed by atoms with Crippen LogP contribution in [0.25, 0.3) is 0 Å². The quantitative estimate of drug-likeness (QED) is 0.782. The lowest BCUT2D eigenvalue weighted by atomic mass is 10.00. The van der Waals surface area contributed by atoms with Gasteiger partial charge in [0.15, 0.2) is 11.5 Å². The molecule has 21 heavy (non-hydrogen) atoms. The number of benzene rings is 1. The molecule has 2 aliphatic heterocycles. The molecular weight excluding hydrogens is 264 g/mol. The van der Waals surface area contributed by atoms with E-state index in [1.165, 1.54) is 19.3 Å². The summed E-state index contributed by atoms with van der Waals surface area (Å²) in [7, 11) is 0. The molecule has 2 unspecified atom stereocenters. The normalized spacial score (nSPS) is 25.9. The van der Waals surface area contributed by atoms with E-state index in [1.54, 1.807) is 0 Å². The van der Waals surface area contributed by atoms with E-state index in [0.29, 0.717) is 25.3 Å². The molecule has 0 amide bonds. The van der Waals surface area contributed by atoms with Gasteiger partial charge in [-0.05, 0) is 58.2 Å². The number of hydrazone groups is 1. The van der Waals surface area contributed by atoms with Gasteiger partial charge >= 0.3 is 0 Å². The second-order valence-electron chi connectivity index (χ2n) is 6.05. The van der Waals surface area contributed by atoms with Crippen molar-refractivity contribution in [2.75, 3.05) is 13.2 Å². The Balaban J connectivity index is 1.83. The predicted molar refractivity (Wildman–Crippen MR) is 84.3 cm³/mol.